The number of methoxy groups -OCH3 is 1. The van der Waals surface area contributed by atoms with E-state index in [-0.39, 0.29) is 29.8 Å². The average molecular weight is 398 g/mol. The number of pyridine rings is 1. The molecule has 0 bridgehead atoms. The predicted molar refractivity (Wildman–Crippen MR) is 98.6 cm³/mol. The Morgan fingerprint density at radius 3 is 3.00 bits per heavy atom. The highest BCUT2D eigenvalue weighted by Crippen LogP contribution is 2.32. The van der Waals surface area contributed by atoms with Crippen molar-refractivity contribution >= 4 is 38.3 Å². The summed E-state index contributed by atoms with van der Waals surface area (Å²) >= 11 is 6.21. The summed E-state index contributed by atoms with van der Waals surface area (Å²) in [6.45, 7) is 0.917. The fraction of sp³-hybridized carbons (Fsp3) is 0.412. The van der Waals surface area contributed by atoms with E-state index in [1.54, 1.807) is 24.4 Å². The van der Waals surface area contributed by atoms with E-state index in [1.165, 1.54) is 17.6 Å². The Kier molecular flexibility index (Phi) is 5.76. The van der Waals surface area contributed by atoms with Crippen LogP contribution in [-0.4, -0.2) is 56.5 Å². The summed E-state index contributed by atoms with van der Waals surface area (Å²) < 4.78 is 32.5. The van der Waals surface area contributed by atoms with Crippen molar-refractivity contribution in [2.75, 3.05) is 26.8 Å². The first kappa shape index (κ1) is 19.0. The van der Waals surface area contributed by atoms with Gasteiger partial charge in [-0.05, 0) is 12.5 Å². The lowest BCUT2D eigenvalue weighted by Crippen LogP contribution is -2.38. The number of ether oxygens (including phenoxy) is 1. The number of carbonyl (C=O) groups is 1. The summed E-state index contributed by atoms with van der Waals surface area (Å²) in [6.07, 6.45) is 3.85. The molecule has 9 heteroatoms. The molecule has 1 aromatic heterocycles. The molecule has 0 saturated carbocycles. The van der Waals surface area contributed by atoms with Gasteiger partial charge in [-0.2, -0.15) is 4.31 Å². The Bertz CT molecular complexity index is 914. The van der Waals surface area contributed by atoms with Crippen molar-refractivity contribution in [1.82, 2.24) is 14.6 Å². The predicted octanol–water partition coefficient (Wildman–Crippen LogP) is 1.80. The topological polar surface area (TPSA) is 88.6 Å². The number of hydrogen-bond acceptors (Lipinski definition) is 5. The van der Waals surface area contributed by atoms with Crippen LogP contribution >= 0.6 is 11.6 Å². The van der Waals surface area contributed by atoms with Gasteiger partial charge in [0.25, 0.3) is 0 Å². The maximum Gasteiger partial charge on any atom is 0.243 e. The lowest BCUT2D eigenvalue weighted by Gasteiger charge is -2.18. The number of benzene rings is 1. The zero-order chi connectivity index (χ0) is 18.7. The zero-order valence-corrected chi connectivity index (χ0v) is 15.9. The molecule has 3 rings (SSSR count). The fourth-order valence-corrected chi connectivity index (χ4v) is 5.13. The highest BCUT2D eigenvalue weighted by molar-refractivity contribution is 7.89. The van der Waals surface area contributed by atoms with Crippen LogP contribution in [0.25, 0.3) is 10.8 Å². The standard InChI is InChI=1S/C17H20ClN3O4S/c1-25-8-6-16(22)20-13-5-7-21(11-13)26(23,24)15-4-2-3-12-9-19-10-14(18)17(12)15/h2-4,9-10,13H,5-8,11H2,1H3,(H,20,22)/t13-/m0/s1. The molecular weight excluding hydrogens is 378 g/mol. The first-order valence-electron chi connectivity index (χ1n) is 8.24. The monoisotopic (exact) mass is 397 g/mol. The van der Waals surface area contributed by atoms with E-state index in [4.69, 9.17) is 16.3 Å². The molecule has 1 amide bonds. The third-order valence-electron chi connectivity index (χ3n) is 4.37. The Morgan fingerprint density at radius 1 is 1.42 bits per heavy atom. The summed E-state index contributed by atoms with van der Waals surface area (Å²) in [5.74, 6) is -0.143. The summed E-state index contributed by atoms with van der Waals surface area (Å²) in [4.78, 5) is 16.0. The van der Waals surface area contributed by atoms with Gasteiger partial charge < -0.3 is 10.1 Å². The molecule has 1 aromatic carbocycles. The minimum Gasteiger partial charge on any atom is -0.384 e. The molecule has 1 saturated heterocycles. The van der Waals surface area contributed by atoms with Crippen molar-refractivity contribution in [1.29, 1.82) is 0 Å². The highest BCUT2D eigenvalue weighted by atomic mass is 35.5. The van der Waals surface area contributed by atoms with Crippen LogP contribution < -0.4 is 5.32 Å². The van der Waals surface area contributed by atoms with Gasteiger partial charge in [-0.15, -0.1) is 0 Å². The van der Waals surface area contributed by atoms with Crippen LogP contribution in [0.3, 0.4) is 0 Å². The second-order valence-corrected chi connectivity index (χ2v) is 8.45. The number of carbonyl (C=O) groups excluding carboxylic acids is 1. The molecule has 1 aliphatic rings. The Hall–Kier alpha value is -1.74. The molecule has 1 aliphatic heterocycles. The highest BCUT2D eigenvalue weighted by Gasteiger charge is 2.34. The third kappa shape index (κ3) is 3.83. The van der Waals surface area contributed by atoms with Gasteiger partial charge in [0, 0.05) is 55.8 Å². The number of sulfonamides is 1. The number of rotatable bonds is 6. The normalized spacial score (nSPS) is 18.3. The molecule has 0 spiro atoms. The van der Waals surface area contributed by atoms with Gasteiger partial charge in [0.2, 0.25) is 15.9 Å². The summed E-state index contributed by atoms with van der Waals surface area (Å²) in [7, 11) is -2.20. The van der Waals surface area contributed by atoms with E-state index in [0.717, 1.165) is 0 Å². The van der Waals surface area contributed by atoms with E-state index in [1.807, 2.05) is 0 Å². The van der Waals surface area contributed by atoms with Gasteiger partial charge in [-0.1, -0.05) is 23.7 Å². The van der Waals surface area contributed by atoms with Crippen LogP contribution in [0.5, 0.6) is 0 Å². The first-order valence-corrected chi connectivity index (χ1v) is 10.1. The number of aromatic nitrogens is 1. The van der Waals surface area contributed by atoms with Crippen molar-refractivity contribution in [2.45, 2.75) is 23.8 Å². The first-order chi connectivity index (χ1) is 12.4. The van der Waals surface area contributed by atoms with E-state index < -0.39 is 10.0 Å². The van der Waals surface area contributed by atoms with Crippen LogP contribution in [0.2, 0.25) is 5.02 Å². The molecule has 1 N–H and O–H groups in total. The van der Waals surface area contributed by atoms with Crippen LogP contribution in [0, 0.1) is 0 Å². The lowest BCUT2D eigenvalue weighted by molar-refractivity contribution is -0.122. The molecular formula is C17H20ClN3O4S. The molecule has 7 nitrogen and oxygen atoms in total. The molecule has 2 heterocycles. The van der Waals surface area contributed by atoms with Crippen LogP contribution in [0.15, 0.2) is 35.5 Å². The molecule has 0 aliphatic carbocycles. The van der Waals surface area contributed by atoms with Gasteiger partial charge in [0.1, 0.15) is 0 Å². The number of amides is 1. The smallest absolute Gasteiger partial charge is 0.243 e. The molecule has 1 atom stereocenters. The van der Waals surface area contributed by atoms with E-state index in [2.05, 4.69) is 10.3 Å². The number of nitrogens with zero attached hydrogens (tertiary/aromatic N) is 2. The Labute approximate surface area is 157 Å². The SMILES string of the molecule is COCCC(=O)N[C@H]1CCN(S(=O)(=O)c2cccc3cncc(Cl)c23)C1. The van der Waals surface area contributed by atoms with Gasteiger partial charge in [0.15, 0.2) is 0 Å². The Balaban J connectivity index is 1.81. The van der Waals surface area contributed by atoms with Crippen LogP contribution in [-0.2, 0) is 19.6 Å². The van der Waals surface area contributed by atoms with Crippen molar-refractivity contribution in [3.05, 3.63) is 35.6 Å². The Morgan fingerprint density at radius 2 is 2.23 bits per heavy atom. The summed E-state index contributed by atoms with van der Waals surface area (Å²) in [5.41, 5.74) is 0. The summed E-state index contributed by atoms with van der Waals surface area (Å²) in [5, 5.41) is 4.29. The molecule has 1 fully saturated rings. The van der Waals surface area contributed by atoms with Gasteiger partial charge >= 0.3 is 0 Å². The minimum absolute atomic E-state index is 0.143. The number of fused-ring (bicyclic) bond motifs is 1. The zero-order valence-electron chi connectivity index (χ0n) is 14.3. The maximum atomic E-state index is 13.1. The maximum absolute atomic E-state index is 13.1. The van der Waals surface area contributed by atoms with Crippen molar-refractivity contribution < 1.29 is 17.9 Å². The van der Waals surface area contributed by atoms with E-state index >= 15 is 0 Å². The van der Waals surface area contributed by atoms with Crippen LogP contribution in [0.1, 0.15) is 12.8 Å². The molecule has 140 valence electrons. The van der Waals surface area contributed by atoms with Crippen LogP contribution in [0.4, 0.5) is 0 Å². The second kappa shape index (κ2) is 7.87. The minimum atomic E-state index is -3.73. The van der Waals surface area contributed by atoms with E-state index in [9.17, 15) is 13.2 Å². The lowest BCUT2D eigenvalue weighted by atomic mass is 10.2. The van der Waals surface area contributed by atoms with Gasteiger partial charge in [-0.3, -0.25) is 9.78 Å². The van der Waals surface area contributed by atoms with Crippen molar-refractivity contribution in [3.8, 4) is 0 Å². The fourth-order valence-electron chi connectivity index (χ4n) is 3.07. The molecule has 0 radical (unpaired) electrons. The second-order valence-electron chi connectivity index (χ2n) is 6.13. The largest absolute Gasteiger partial charge is 0.384 e. The quantitative estimate of drug-likeness (QED) is 0.802. The van der Waals surface area contributed by atoms with Crippen molar-refractivity contribution in [3.63, 3.8) is 0 Å². The molecule has 26 heavy (non-hydrogen) atoms. The number of nitrogens with one attached hydrogen (secondary N) is 1. The van der Waals surface area contributed by atoms with Gasteiger partial charge in [-0.25, -0.2) is 8.42 Å². The third-order valence-corrected chi connectivity index (χ3v) is 6.56. The van der Waals surface area contributed by atoms with Gasteiger partial charge in [0.05, 0.1) is 16.5 Å². The number of halogens is 1. The average Bonchev–Trinajstić information content (AvgIpc) is 3.09. The van der Waals surface area contributed by atoms with Crippen molar-refractivity contribution in [2.24, 2.45) is 0 Å². The molecule has 0 unspecified atom stereocenters. The molecule has 2 aromatic rings. The van der Waals surface area contributed by atoms with E-state index in [0.29, 0.717) is 35.4 Å². The number of hydrogen-bond donors (Lipinski definition) is 1. The summed E-state index contributed by atoms with van der Waals surface area (Å²) in [6, 6.07) is 4.79.